The highest BCUT2D eigenvalue weighted by Crippen LogP contribution is 2.38. The highest BCUT2D eigenvalue weighted by atomic mass is 16.2. The molecule has 3 fully saturated rings. The Hall–Kier alpha value is -2.45. The minimum Gasteiger partial charge on any atom is -0.317 e. The molecule has 8 heteroatoms. The summed E-state index contributed by atoms with van der Waals surface area (Å²) in [5.41, 5.74) is 3.10. The maximum atomic E-state index is 13.0. The third-order valence-electron chi connectivity index (χ3n) is 7.19. The number of aryl methyl sites for hydroxylation is 1. The van der Waals surface area contributed by atoms with Gasteiger partial charge >= 0.3 is 5.69 Å². The van der Waals surface area contributed by atoms with Crippen LogP contribution in [0.15, 0.2) is 23.0 Å². The van der Waals surface area contributed by atoms with Gasteiger partial charge in [0.05, 0.1) is 11.0 Å². The summed E-state index contributed by atoms with van der Waals surface area (Å²) in [6.45, 7) is 5.57. The summed E-state index contributed by atoms with van der Waals surface area (Å²) < 4.78 is 3.22. The minimum atomic E-state index is -0.635. The van der Waals surface area contributed by atoms with E-state index < -0.39 is 6.04 Å². The molecular weight excluding hydrogens is 382 g/mol. The molecular formula is C22H29N5O3. The van der Waals surface area contributed by atoms with E-state index in [9.17, 15) is 14.4 Å². The molecule has 1 unspecified atom stereocenters. The number of nitrogens with one attached hydrogen (secondary N) is 2. The number of benzene rings is 1. The topological polar surface area (TPSA) is 88.4 Å². The van der Waals surface area contributed by atoms with E-state index in [1.54, 1.807) is 16.2 Å². The molecule has 3 aliphatic heterocycles. The number of piperidine rings is 2. The highest BCUT2D eigenvalue weighted by molar-refractivity contribution is 6.00. The van der Waals surface area contributed by atoms with Crippen LogP contribution in [0, 0.1) is 5.41 Å². The van der Waals surface area contributed by atoms with E-state index in [4.69, 9.17) is 0 Å². The van der Waals surface area contributed by atoms with Crippen molar-refractivity contribution in [3.63, 3.8) is 0 Å². The molecule has 2 N–H and O–H groups in total. The van der Waals surface area contributed by atoms with E-state index in [-0.39, 0.29) is 23.9 Å². The second-order valence-electron chi connectivity index (χ2n) is 9.17. The maximum absolute atomic E-state index is 13.0. The molecule has 1 spiro atoms. The number of rotatable bonds is 4. The van der Waals surface area contributed by atoms with Gasteiger partial charge in [-0.25, -0.2) is 4.79 Å². The summed E-state index contributed by atoms with van der Waals surface area (Å²) in [6, 6.07) is 5.31. The van der Waals surface area contributed by atoms with Gasteiger partial charge in [-0.15, -0.1) is 0 Å². The van der Waals surface area contributed by atoms with Crippen molar-refractivity contribution in [2.24, 2.45) is 12.5 Å². The van der Waals surface area contributed by atoms with Crippen molar-refractivity contribution in [2.75, 3.05) is 32.7 Å². The second-order valence-corrected chi connectivity index (χ2v) is 9.17. The van der Waals surface area contributed by atoms with Crippen LogP contribution < -0.4 is 16.3 Å². The Kier molecular flexibility index (Phi) is 4.78. The van der Waals surface area contributed by atoms with Crippen LogP contribution in [0.4, 0.5) is 0 Å². The molecule has 2 amide bonds. The van der Waals surface area contributed by atoms with Gasteiger partial charge in [0.15, 0.2) is 0 Å². The van der Waals surface area contributed by atoms with Crippen LogP contribution >= 0.6 is 0 Å². The maximum Gasteiger partial charge on any atom is 0.329 e. The Morgan fingerprint density at radius 2 is 1.90 bits per heavy atom. The van der Waals surface area contributed by atoms with E-state index in [0.717, 1.165) is 42.7 Å². The number of fused-ring (bicyclic) bond motifs is 1. The number of nitrogens with zero attached hydrogens (tertiary/aromatic N) is 3. The molecule has 2 aromatic rings. The van der Waals surface area contributed by atoms with Crippen LogP contribution in [0.2, 0.25) is 0 Å². The Bertz CT molecular complexity index is 1050. The van der Waals surface area contributed by atoms with E-state index in [2.05, 4.69) is 21.6 Å². The zero-order chi connectivity index (χ0) is 20.9. The van der Waals surface area contributed by atoms with Gasteiger partial charge in [-0.2, -0.15) is 0 Å². The molecule has 1 atom stereocenters. The van der Waals surface area contributed by atoms with Crippen molar-refractivity contribution in [1.82, 2.24) is 24.7 Å². The Morgan fingerprint density at radius 3 is 2.63 bits per heavy atom. The molecule has 0 aliphatic carbocycles. The Morgan fingerprint density at radius 1 is 1.13 bits per heavy atom. The van der Waals surface area contributed by atoms with Crippen LogP contribution in [-0.2, 0) is 23.1 Å². The third-order valence-corrected chi connectivity index (χ3v) is 7.19. The average molecular weight is 412 g/mol. The zero-order valence-electron chi connectivity index (χ0n) is 17.4. The summed E-state index contributed by atoms with van der Waals surface area (Å²) >= 11 is 0. The summed E-state index contributed by atoms with van der Waals surface area (Å²) in [6.07, 6.45) is 4.02. The molecule has 0 saturated carbocycles. The van der Waals surface area contributed by atoms with E-state index >= 15 is 0 Å². The number of carbonyl (C=O) groups is 2. The van der Waals surface area contributed by atoms with E-state index in [1.165, 1.54) is 25.9 Å². The first kappa shape index (κ1) is 19.5. The van der Waals surface area contributed by atoms with Crippen LogP contribution in [0.3, 0.4) is 0 Å². The summed E-state index contributed by atoms with van der Waals surface area (Å²) in [7, 11) is 1.77. The van der Waals surface area contributed by atoms with E-state index in [0.29, 0.717) is 11.8 Å². The molecule has 5 rings (SSSR count). The first-order valence-electron chi connectivity index (χ1n) is 10.9. The number of hydrogen-bond donors (Lipinski definition) is 2. The highest BCUT2D eigenvalue weighted by Gasteiger charge is 2.42. The van der Waals surface area contributed by atoms with Gasteiger partial charge in [-0.05, 0) is 55.8 Å². The van der Waals surface area contributed by atoms with Crippen molar-refractivity contribution >= 4 is 22.8 Å². The fourth-order valence-corrected chi connectivity index (χ4v) is 5.56. The lowest BCUT2D eigenvalue weighted by Gasteiger charge is -2.52. The lowest BCUT2D eigenvalue weighted by molar-refractivity contribution is -0.135. The first-order chi connectivity index (χ1) is 14.5. The van der Waals surface area contributed by atoms with Crippen molar-refractivity contribution in [2.45, 2.75) is 38.1 Å². The van der Waals surface area contributed by atoms with Gasteiger partial charge in [-0.1, -0.05) is 12.1 Å². The molecule has 4 heterocycles. The predicted octanol–water partition coefficient (Wildman–Crippen LogP) is 0.546. The number of amides is 2. The normalized spacial score (nSPS) is 24.2. The van der Waals surface area contributed by atoms with E-state index in [1.807, 2.05) is 12.1 Å². The Balaban J connectivity index is 1.37. The molecule has 30 heavy (non-hydrogen) atoms. The van der Waals surface area contributed by atoms with Crippen LogP contribution in [0.1, 0.15) is 37.3 Å². The van der Waals surface area contributed by atoms with Crippen LogP contribution in [0.5, 0.6) is 0 Å². The molecule has 8 nitrogen and oxygen atoms in total. The molecule has 3 saturated heterocycles. The largest absolute Gasteiger partial charge is 0.329 e. The standard InChI is InChI=1S/C22H29N5O3/c1-25-19-15(7-12-26-13-22(14-26)8-10-23-11-9-22)3-2-4-16(19)27(21(25)30)17-5-6-18(28)24-20(17)29/h2-4,17,23H,5-14H2,1H3,(H,24,28,29). The number of para-hydroxylation sites is 1. The summed E-state index contributed by atoms with van der Waals surface area (Å²) in [5, 5.41) is 5.82. The quantitative estimate of drug-likeness (QED) is 0.718. The van der Waals surface area contributed by atoms with Crippen molar-refractivity contribution < 1.29 is 9.59 Å². The Labute approximate surface area is 175 Å². The average Bonchev–Trinajstić information content (AvgIpc) is 2.97. The van der Waals surface area contributed by atoms with Gasteiger partial charge in [0.1, 0.15) is 6.04 Å². The van der Waals surface area contributed by atoms with Crippen LogP contribution in [0.25, 0.3) is 11.0 Å². The lowest BCUT2D eigenvalue weighted by atomic mass is 9.72. The lowest BCUT2D eigenvalue weighted by Crippen LogP contribution is -2.60. The second kappa shape index (κ2) is 7.35. The van der Waals surface area contributed by atoms with Gasteiger partial charge in [0, 0.05) is 33.1 Å². The van der Waals surface area contributed by atoms with Gasteiger partial charge in [0.2, 0.25) is 11.8 Å². The molecule has 1 aromatic heterocycles. The minimum absolute atomic E-state index is 0.204. The smallest absolute Gasteiger partial charge is 0.317 e. The van der Waals surface area contributed by atoms with Gasteiger partial charge < -0.3 is 10.2 Å². The zero-order valence-corrected chi connectivity index (χ0v) is 17.4. The summed E-state index contributed by atoms with van der Waals surface area (Å²) in [5.74, 6) is -0.662. The number of likely N-dealkylation sites (tertiary alicyclic amines) is 1. The SMILES string of the molecule is Cn1c(=O)n(C2CCC(=O)NC2=O)c2cccc(CCN3CC4(CCNCC4)C3)c21. The monoisotopic (exact) mass is 411 g/mol. The number of imide groups is 1. The third kappa shape index (κ3) is 3.18. The molecule has 0 bridgehead atoms. The number of carbonyl (C=O) groups excluding carboxylic acids is 2. The molecule has 160 valence electrons. The molecule has 1 aromatic carbocycles. The predicted molar refractivity (Wildman–Crippen MR) is 113 cm³/mol. The number of hydrogen-bond acceptors (Lipinski definition) is 5. The first-order valence-corrected chi connectivity index (χ1v) is 10.9. The number of aromatic nitrogens is 2. The van der Waals surface area contributed by atoms with Gasteiger partial charge in [0.25, 0.3) is 0 Å². The van der Waals surface area contributed by atoms with Crippen molar-refractivity contribution in [3.05, 3.63) is 34.2 Å². The van der Waals surface area contributed by atoms with Crippen molar-refractivity contribution in [3.8, 4) is 0 Å². The van der Waals surface area contributed by atoms with Crippen LogP contribution in [-0.4, -0.2) is 58.6 Å². The fourth-order valence-electron chi connectivity index (χ4n) is 5.56. The number of imidazole rings is 1. The molecule has 0 radical (unpaired) electrons. The fraction of sp³-hybridized carbons (Fsp3) is 0.591. The van der Waals surface area contributed by atoms with Gasteiger partial charge in [-0.3, -0.25) is 24.0 Å². The summed E-state index contributed by atoms with van der Waals surface area (Å²) in [4.78, 5) is 39.4. The van der Waals surface area contributed by atoms with Crippen molar-refractivity contribution in [1.29, 1.82) is 0 Å². The molecule has 3 aliphatic rings.